The molecule has 2 N–H and O–H groups in total. The standard InChI is InChI=1S/C27H30N4O4/c1-35-18-9-10-19-21(12-18)29-24-22(13-32)31(26(34)20-8-4-5-11-28-20)16-27(23(19)24)14-30(15-27)25(33)17-6-2-3-7-17/h4-5,8-12,17,22,29,32H,2-3,6-7,13-16H2,1H3/t22-/m0/s1. The van der Waals surface area contributed by atoms with E-state index in [9.17, 15) is 14.7 Å². The summed E-state index contributed by atoms with van der Waals surface area (Å²) in [5, 5.41) is 11.5. The second-order valence-electron chi connectivity index (χ2n) is 10.1. The van der Waals surface area contributed by atoms with Gasteiger partial charge >= 0.3 is 0 Å². The van der Waals surface area contributed by atoms with Gasteiger partial charge in [0.15, 0.2) is 0 Å². The number of H-pyrrole nitrogens is 1. The van der Waals surface area contributed by atoms with Crippen molar-refractivity contribution >= 4 is 22.7 Å². The molecule has 2 aromatic heterocycles. The second kappa shape index (κ2) is 8.37. The average Bonchev–Trinajstić information content (AvgIpc) is 3.54. The Morgan fingerprint density at radius 3 is 2.66 bits per heavy atom. The minimum Gasteiger partial charge on any atom is -0.497 e. The molecular weight excluding hydrogens is 444 g/mol. The van der Waals surface area contributed by atoms with Crippen molar-refractivity contribution in [2.24, 2.45) is 5.92 Å². The van der Waals surface area contributed by atoms with Gasteiger partial charge in [-0.1, -0.05) is 18.9 Å². The maximum absolute atomic E-state index is 13.6. The van der Waals surface area contributed by atoms with Gasteiger partial charge in [0.25, 0.3) is 5.91 Å². The van der Waals surface area contributed by atoms with E-state index < -0.39 is 11.5 Å². The molecule has 2 aliphatic heterocycles. The zero-order chi connectivity index (χ0) is 24.2. The van der Waals surface area contributed by atoms with E-state index in [0.29, 0.717) is 25.3 Å². The number of hydrogen-bond donors (Lipinski definition) is 2. The van der Waals surface area contributed by atoms with Gasteiger partial charge in [0.1, 0.15) is 11.4 Å². The molecule has 1 saturated carbocycles. The predicted octanol–water partition coefficient (Wildman–Crippen LogP) is 3.03. The number of aromatic amines is 1. The van der Waals surface area contributed by atoms with Gasteiger partial charge in [-0.05, 0) is 42.7 Å². The summed E-state index contributed by atoms with van der Waals surface area (Å²) in [6, 6.07) is 10.7. The van der Waals surface area contributed by atoms with E-state index in [0.717, 1.165) is 53.6 Å². The van der Waals surface area contributed by atoms with Crippen molar-refractivity contribution in [2.75, 3.05) is 33.4 Å². The van der Waals surface area contributed by atoms with Crippen LogP contribution in [-0.2, 0) is 10.2 Å². The Labute approximate surface area is 203 Å². The summed E-state index contributed by atoms with van der Waals surface area (Å²) in [5.41, 5.74) is 2.79. The number of fused-ring (bicyclic) bond motifs is 4. The van der Waals surface area contributed by atoms with Crippen molar-refractivity contribution in [1.29, 1.82) is 0 Å². The highest BCUT2D eigenvalue weighted by molar-refractivity contribution is 5.95. The normalized spacial score (nSPS) is 21.3. The number of nitrogens with one attached hydrogen (secondary N) is 1. The molecule has 6 rings (SSSR count). The monoisotopic (exact) mass is 474 g/mol. The van der Waals surface area contributed by atoms with Gasteiger partial charge in [-0.2, -0.15) is 0 Å². The molecule has 2 fully saturated rings. The Kier molecular flexibility index (Phi) is 5.29. The van der Waals surface area contributed by atoms with Gasteiger partial charge in [0, 0.05) is 54.4 Å². The minimum atomic E-state index is -0.525. The minimum absolute atomic E-state index is 0.124. The number of methoxy groups -OCH3 is 1. The lowest BCUT2D eigenvalue weighted by molar-refractivity contribution is -0.144. The number of carbonyl (C=O) groups is 2. The third kappa shape index (κ3) is 3.42. The van der Waals surface area contributed by atoms with Gasteiger partial charge in [0.05, 0.1) is 25.2 Å². The molecule has 0 radical (unpaired) electrons. The summed E-state index contributed by atoms with van der Waals surface area (Å²) in [4.78, 5) is 38.2. The van der Waals surface area contributed by atoms with Crippen LogP contribution in [0.25, 0.3) is 10.9 Å². The summed E-state index contributed by atoms with van der Waals surface area (Å²) in [6.07, 6.45) is 5.78. The maximum atomic E-state index is 13.6. The molecule has 8 heteroatoms. The maximum Gasteiger partial charge on any atom is 0.273 e. The van der Waals surface area contributed by atoms with Crippen LogP contribution in [0, 0.1) is 5.92 Å². The van der Waals surface area contributed by atoms with Crippen LogP contribution < -0.4 is 4.74 Å². The van der Waals surface area contributed by atoms with E-state index in [1.165, 1.54) is 0 Å². The lowest BCUT2D eigenvalue weighted by Crippen LogP contribution is -2.68. The molecule has 1 atom stereocenters. The van der Waals surface area contributed by atoms with E-state index in [2.05, 4.69) is 9.97 Å². The van der Waals surface area contributed by atoms with Crippen molar-refractivity contribution in [1.82, 2.24) is 19.8 Å². The fraction of sp³-hybridized carbons (Fsp3) is 0.444. The van der Waals surface area contributed by atoms with Crippen molar-refractivity contribution in [3.8, 4) is 5.75 Å². The molecule has 3 aliphatic rings. The van der Waals surface area contributed by atoms with Crippen LogP contribution in [0.1, 0.15) is 53.5 Å². The number of carbonyl (C=O) groups excluding carboxylic acids is 2. The van der Waals surface area contributed by atoms with Crippen molar-refractivity contribution in [3.63, 3.8) is 0 Å². The topological polar surface area (TPSA) is 98.8 Å². The molecule has 1 aliphatic carbocycles. The number of amides is 2. The number of aliphatic hydroxyl groups is 1. The first-order valence-electron chi connectivity index (χ1n) is 12.4. The highest BCUT2D eigenvalue weighted by atomic mass is 16.5. The Bertz CT molecular complexity index is 1280. The number of rotatable bonds is 4. The second-order valence-corrected chi connectivity index (χ2v) is 10.1. The van der Waals surface area contributed by atoms with Crippen molar-refractivity contribution in [2.45, 2.75) is 37.1 Å². The number of ether oxygens (including phenoxy) is 1. The van der Waals surface area contributed by atoms with Gasteiger partial charge in [-0.25, -0.2) is 0 Å². The zero-order valence-electron chi connectivity index (χ0n) is 19.9. The molecule has 1 saturated heterocycles. The van der Waals surface area contributed by atoms with Crippen LogP contribution in [0.2, 0.25) is 0 Å². The smallest absolute Gasteiger partial charge is 0.273 e. The molecule has 35 heavy (non-hydrogen) atoms. The Balaban J connectivity index is 1.43. The molecule has 1 spiro atoms. The summed E-state index contributed by atoms with van der Waals surface area (Å²) >= 11 is 0. The molecular formula is C27H30N4O4. The first-order chi connectivity index (χ1) is 17.0. The van der Waals surface area contributed by atoms with Crippen LogP contribution >= 0.6 is 0 Å². The molecule has 182 valence electrons. The number of aromatic nitrogens is 2. The summed E-state index contributed by atoms with van der Waals surface area (Å²) in [5.74, 6) is 0.882. The Morgan fingerprint density at radius 2 is 1.97 bits per heavy atom. The SMILES string of the molecule is COc1ccc2c3c([nH]c2c1)[C@H](CO)N(C(=O)c1ccccn1)CC31CN(C(=O)C2CCCC2)C1. The number of pyridine rings is 1. The van der Waals surface area contributed by atoms with E-state index in [1.807, 2.05) is 23.1 Å². The van der Waals surface area contributed by atoms with Gasteiger partial charge in [0.2, 0.25) is 5.91 Å². The number of nitrogens with zero attached hydrogens (tertiary/aromatic N) is 3. The Morgan fingerprint density at radius 1 is 1.17 bits per heavy atom. The van der Waals surface area contributed by atoms with Crippen LogP contribution in [0.3, 0.4) is 0 Å². The lowest BCUT2D eigenvalue weighted by Gasteiger charge is -2.56. The lowest BCUT2D eigenvalue weighted by atomic mass is 9.68. The van der Waals surface area contributed by atoms with Crippen LogP contribution in [-0.4, -0.2) is 70.0 Å². The zero-order valence-corrected chi connectivity index (χ0v) is 19.9. The fourth-order valence-corrected chi connectivity index (χ4v) is 6.39. The van der Waals surface area contributed by atoms with E-state index >= 15 is 0 Å². The average molecular weight is 475 g/mol. The van der Waals surface area contributed by atoms with Crippen LogP contribution in [0.5, 0.6) is 5.75 Å². The van der Waals surface area contributed by atoms with Crippen molar-refractivity contribution in [3.05, 3.63) is 59.5 Å². The highest BCUT2D eigenvalue weighted by Crippen LogP contribution is 2.49. The van der Waals surface area contributed by atoms with E-state index in [-0.39, 0.29) is 24.3 Å². The largest absolute Gasteiger partial charge is 0.497 e. The third-order valence-corrected chi connectivity index (χ3v) is 8.07. The molecule has 8 nitrogen and oxygen atoms in total. The van der Waals surface area contributed by atoms with E-state index in [1.54, 1.807) is 36.4 Å². The summed E-state index contributed by atoms with van der Waals surface area (Å²) in [6.45, 7) is 1.35. The summed E-state index contributed by atoms with van der Waals surface area (Å²) in [7, 11) is 1.63. The number of benzene rings is 1. The number of hydrogen-bond acceptors (Lipinski definition) is 5. The molecule has 3 aromatic rings. The highest BCUT2D eigenvalue weighted by Gasteiger charge is 2.55. The van der Waals surface area contributed by atoms with Gasteiger partial charge < -0.3 is 24.6 Å². The first kappa shape index (κ1) is 22.1. The fourth-order valence-electron chi connectivity index (χ4n) is 6.39. The third-order valence-electron chi connectivity index (χ3n) is 8.07. The molecule has 1 aromatic carbocycles. The summed E-state index contributed by atoms with van der Waals surface area (Å²) < 4.78 is 5.43. The molecule has 4 heterocycles. The Hall–Kier alpha value is -3.39. The number of likely N-dealkylation sites (tertiary alicyclic amines) is 1. The predicted molar refractivity (Wildman–Crippen MR) is 130 cm³/mol. The van der Waals surface area contributed by atoms with Crippen LogP contribution in [0.15, 0.2) is 42.6 Å². The van der Waals surface area contributed by atoms with Gasteiger partial charge in [-0.3, -0.25) is 14.6 Å². The van der Waals surface area contributed by atoms with E-state index in [4.69, 9.17) is 4.74 Å². The van der Waals surface area contributed by atoms with Crippen molar-refractivity contribution < 1.29 is 19.4 Å². The first-order valence-corrected chi connectivity index (χ1v) is 12.4. The molecule has 2 amide bonds. The number of aliphatic hydroxyl groups excluding tert-OH is 1. The van der Waals surface area contributed by atoms with Gasteiger partial charge in [-0.15, -0.1) is 0 Å². The van der Waals surface area contributed by atoms with Crippen LogP contribution in [0.4, 0.5) is 0 Å². The molecule has 0 bridgehead atoms. The quantitative estimate of drug-likeness (QED) is 0.606. The molecule has 0 unspecified atom stereocenters.